The molecule has 6 nitrogen and oxygen atoms in total. The van der Waals surface area contributed by atoms with E-state index in [0.29, 0.717) is 29.0 Å². The van der Waals surface area contributed by atoms with E-state index < -0.39 is 0 Å². The number of aryl methyl sites for hydroxylation is 1. The highest BCUT2D eigenvalue weighted by atomic mass is 35.5. The molecule has 0 saturated carbocycles. The zero-order chi connectivity index (χ0) is 18.0. The second-order valence-corrected chi connectivity index (χ2v) is 6.85. The number of fused-ring (bicyclic) bond motifs is 1. The highest BCUT2D eigenvalue weighted by Gasteiger charge is 2.12. The van der Waals surface area contributed by atoms with Gasteiger partial charge in [-0.3, -0.25) is 9.58 Å². The molecule has 0 atom stereocenters. The maximum Gasteiger partial charge on any atom is 0.160 e. The summed E-state index contributed by atoms with van der Waals surface area (Å²) in [7, 11) is 1.98. The number of hydrogen-bond acceptors (Lipinski definition) is 5. The van der Waals surface area contributed by atoms with Crippen LogP contribution < -0.4 is 0 Å². The van der Waals surface area contributed by atoms with Gasteiger partial charge in [-0.2, -0.15) is 0 Å². The Balaban J connectivity index is 1.76. The van der Waals surface area contributed by atoms with E-state index in [1.165, 1.54) is 6.07 Å². The Morgan fingerprint density at radius 1 is 1.16 bits per heavy atom. The van der Waals surface area contributed by atoms with Crippen LogP contribution in [0.25, 0.3) is 10.9 Å². The van der Waals surface area contributed by atoms with Crippen molar-refractivity contribution in [1.82, 2.24) is 24.9 Å². The van der Waals surface area contributed by atoms with Crippen molar-refractivity contribution in [2.24, 2.45) is 0 Å². The monoisotopic (exact) mass is 378 g/mol. The quantitative estimate of drug-likeness (QED) is 0.704. The fourth-order valence-corrected chi connectivity index (χ4v) is 3.21. The molecule has 0 fully saturated rings. The molecule has 0 aliphatic heterocycles. The minimum atomic E-state index is -0.0481. The van der Waals surface area contributed by atoms with Crippen LogP contribution in [0.3, 0.4) is 0 Å². The molecule has 0 spiro atoms. The number of benzene rings is 1. The number of rotatable bonds is 6. The highest BCUT2D eigenvalue weighted by Crippen LogP contribution is 2.36. The summed E-state index contributed by atoms with van der Waals surface area (Å²) in [4.78, 5) is 6.59. The van der Waals surface area contributed by atoms with Gasteiger partial charge in [-0.05, 0) is 31.7 Å². The summed E-state index contributed by atoms with van der Waals surface area (Å²) in [6.07, 6.45) is 2.98. The number of aromatic hydroxyl groups is 1. The Bertz CT molecular complexity index is 896. The Morgan fingerprint density at radius 3 is 2.68 bits per heavy atom. The van der Waals surface area contributed by atoms with E-state index in [2.05, 4.69) is 27.1 Å². The van der Waals surface area contributed by atoms with Crippen molar-refractivity contribution in [2.45, 2.75) is 33.0 Å². The van der Waals surface area contributed by atoms with Crippen LogP contribution in [0.2, 0.25) is 10.0 Å². The largest absolute Gasteiger partial charge is 0.504 e. The summed E-state index contributed by atoms with van der Waals surface area (Å²) in [5.41, 5.74) is 2.13. The molecule has 0 aliphatic carbocycles. The minimum absolute atomic E-state index is 0.0481. The van der Waals surface area contributed by atoms with Crippen LogP contribution in [-0.4, -0.2) is 37.0 Å². The van der Waals surface area contributed by atoms with Crippen molar-refractivity contribution in [1.29, 1.82) is 0 Å². The molecule has 3 aromatic rings. The lowest BCUT2D eigenvalue weighted by Crippen LogP contribution is -2.18. The Morgan fingerprint density at radius 2 is 1.92 bits per heavy atom. The molecule has 3 rings (SSSR count). The van der Waals surface area contributed by atoms with Crippen molar-refractivity contribution in [3.63, 3.8) is 0 Å². The molecule has 0 saturated heterocycles. The van der Waals surface area contributed by atoms with E-state index in [1.54, 1.807) is 0 Å². The number of nitrogens with zero attached hydrogens (tertiary/aromatic N) is 5. The summed E-state index contributed by atoms with van der Waals surface area (Å²) >= 11 is 12.1. The van der Waals surface area contributed by atoms with Crippen molar-refractivity contribution in [3.05, 3.63) is 45.8 Å². The summed E-state index contributed by atoms with van der Waals surface area (Å²) in [6.45, 7) is 4.22. The van der Waals surface area contributed by atoms with Crippen LogP contribution in [0.1, 0.15) is 24.7 Å². The first-order chi connectivity index (χ1) is 12.0. The molecule has 2 aromatic heterocycles. The van der Waals surface area contributed by atoms with Gasteiger partial charge in [-0.25, -0.2) is 4.98 Å². The maximum atomic E-state index is 10.1. The van der Waals surface area contributed by atoms with Crippen LogP contribution >= 0.6 is 23.2 Å². The molecule has 1 aromatic carbocycles. The normalized spacial score (nSPS) is 11.6. The van der Waals surface area contributed by atoms with Gasteiger partial charge in [0.2, 0.25) is 0 Å². The van der Waals surface area contributed by atoms with E-state index in [-0.39, 0.29) is 10.8 Å². The van der Waals surface area contributed by atoms with Crippen LogP contribution in [-0.2, 0) is 19.6 Å². The Labute approximate surface area is 156 Å². The molecule has 0 amide bonds. The number of phenolic OH excluding ortho intramolecular Hbond substituents is 1. The molecule has 25 heavy (non-hydrogen) atoms. The maximum absolute atomic E-state index is 10.1. The van der Waals surface area contributed by atoms with E-state index in [9.17, 15) is 5.11 Å². The van der Waals surface area contributed by atoms with Crippen LogP contribution in [0.15, 0.2) is 24.4 Å². The van der Waals surface area contributed by atoms with Gasteiger partial charge in [0.05, 0.1) is 21.4 Å². The third-order valence-electron chi connectivity index (χ3n) is 3.82. The van der Waals surface area contributed by atoms with Gasteiger partial charge in [0, 0.05) is 31.2 Å². The second kappa shape index (κ2) is 7.56. The lowest BCUT2D eigenvalue weighted by atomic mass is 10.1. The summed E-state index contributed by atoms with van der Waals surface area (Å²) in [6, 6.07) is 5.27. The molecule has 2 heterocycles. The lowest BCUT2D eigenvalue weighted by Gasteiger charge is -2.15. The molecular weight excluding hydrogens is 360 g/mol. The minimum Gasteiger partial charge on any atom is -0.504 e. The second-order valence-electron chi connectivity index (χ2n) is 6.03. The van der Waals surface area contributed by atoms with E-state index in [0.717, 1.165) is 24.4 Å². The smallest absolute Gasteiger partial charge is 0.160 e. The molecule has 0 unspecified atom stereocenters. The van der Waals surface area contributed by atoms with Crippen LogP contribution in [0.4, 0.5) is 0 Å². The SMILES string of the molecule is CCCn1cc(CN([11CH3])Cc2ccc3c(Cl)cc(Cl)c(O)c3n2)nn1. The molecule has 8 heteroatoms. The van der Waals surface area contributed by atoms with Gasteiger partial charge in [0.25, 0.3) is 0 Å². The third-order valence-corrected chi connectivity index (χ3v) is 4.42. The lowest BCUT2D eigenvalue weighted by molar-refractivity contribution is 0.311. The zero-order valence-electron chi connectivity index (χ0n) is 14.1. The predicted molar refractivity (Wildman–Crippen MR) is 98.9 cm³/mol. The predicted octanol–water partition coefficient (Wildman–Crippen LogP) is 3.88. The van der Waals surface area contributed by atoms with Crippen LogP contribution in [0, 0.1) is 0 Å². The van der Waals surface area contributed by atoms with E-state index >= 15 is 0 Å². The molecule has 132 valence electrons. The first-order valence-electron chi connectivity index (χ1n) is 8.02. The highest BCUT2D eigenvalue weighted by molar-refractivity contribution is 6.39. The van der Waals surface area contributed by atoms with Gasteiger partial charge in [0.15, 0.2) is 5.75 Å². The molecule has 0 radical (unpaired) electrons. The first-order valence-corrected chi connectivity index (χ1v) is 8.77. The standard InChI is InChI=1S/C17H19Cl2N5O/c1-3-6-24-10-12(21-22-24)9-23(2)8-11-4-5-13-14(18)7-15(19)17(25)16(13)20-11/h4-5,7,10,25H,3,6,8-9H2,1-2H3/i2-1. The number of pyridine rings is 1. The topological polar surface area (TPSA) is 67.1 Å². The molecule has 1 N–H and O–H groups in total. The molecular formula is C17H19Cl2N5O. The van der Waals surface area contributed by atoms with Crippen molar-refractivity contribution < 1.29 is 5.11 Å². The average molecular weight is 379 g/mol. The third kappa shape index (κ3) is 4.03. The average Bonchev–Trinajstić information content (AvgIpc) is 3.00. The van der Waals surface area contributed by atoms with Gasteiger partial charge in [-0.1, -0.05) is 35.3 Å². The van der Waals surface area contributed by atoms with Crippen molar-refractivity contribution in [2.75, 3.05) is 7.05 Å². The Kier molecular flexibility index (Phi) is 5.42. The number of phenols is 1. The summed E-state index contributed by atoms with van der Waals surface area (Å²) in [5.74, 6) is -0.0481. The van der Waals surface area contributed by atoms with E-state index in [4.69, 9.17) is 23.2 Å². The first kappa shape index (κ1) is 17.9. The fourth-order valence-electron chi connectivity index (χ4n) is 2.69. The van der Waals surface area contributed by atoms with E-state index in [1.807, 2.05) is 30.1 Å². The fraction of sp³-hybridized carbons (Fsp3) is 0.353. The van der Waals surface area contributed by atoms with Crippen molar-refractivity contribution in [3.8, 4) is 5.75 Å². The number of hydrogen-bond donors (Lipinski definition) is 1. The van der Waals surface area contributed by atoms with Gasteiger partial charge in [0.1, 0.15) is 5.52 Å². The summed E-state index contributed by atoms with van der Waals surface area (Å²) < 4.78 is 1.85. The van der Waals surface area contributed by atoms with Gasteiger partial charge >= 0.3 is 0 Å². The Hall–Kier alpha value is -1.89. The zero-order valence-corrected chi connectivity index (χ0v) is 15.6. The van der Waals surface area contributed by atoms with Crippen LogP contribution in [0.5, 0.6) is 5.75 Å². The summed E-state index contributed by atoms with van der Waals surface area (Å²) in [5, 5.41) is 19.8. The van der Waals surface area contributed by atoms with Crippen molar-refractivity contribution >= 4 is 34.1 Å². The van der Waals surface area contributed by atoms with Gasteiger partial charge in [-0.15, -0.1) is 5.10 Å². The number of aromatic nitrogens is 4. The number of halogens is 2. The van der Waals surface area contributed by atoms with Gasteiger partial charge < -0.3 is 5.11 Å². The molecule has 0 bridgehead atoms. The molecule has 0 aliphatic rings.